The van der Waals surface area contributed by atoms with Gasteiger partial charge in [-0.25, -0.2) is 0 Å². The van der Waals surface area contributed by atoms with Gasteiger partial charge in [0.1, 0.15) is 0 Å². The van der Waals surface area contributed by atoms with Gasteiger partial charge >= 0.3 is 0 Å². The second-order valence-electron chi connectivity index (χ2n) is 5.96. The predicted molar refractivity (Wildman–Crippen MR) is 77.7 cm³/mol. The van der Waals surface area contributed by atoms with Crippen LogP contribution in [0.25, 0.3) is 0 Å². The molecule has 1 N–H and O–H groups in total. The number of hydrogen-bond donors (Lipinski definition) is 1. The van der Waals surface area contributed by atoms with Crippen molar-refractivity contribution in [3.8, 4) is 0 Å². The largest absolute Gasteiger partial charge is 0.316 e. The lowest BCUT2D eigenvalue weighted by molar-refractivity contribution is 0.0679. The molecule has 0 amide bonds. The van der Waals surface area contributed by atoms with E-state index in [1.54, 1.807) is 0 Å². The fraction of sp³-hybridized carbons (Fsp3) is 1.00. The molecule has 2 rings (SSSR count). The number of nitrogens with one attached hydrogen (secondary N) is 1. The Kier molecular flexibility index (Phi) is 5.64. The van der Waals surface area contributed by atoms with Crippen molar-refractivity contribution >= 4 is 11.8 Å². The van der Waals surface area contributed by atoms with Crippen LogP contribution in [-0.4, -0.2) is 48.6 Å². The van der Waals surface area contributed by atoms with E-state index in [4.69, 9.17) is 0 Å². The summed E-state index contributed by atoms with van der Waals surface area (Å²) < 4.78 is 0. The Hall–Kier alpha value is 0.270. The van der Waals surface area contributed by atoms with Crippen LogP contribution in [0.1, 0.15) is 33.1 Å². The summed E-state index contributed by atoms with van der Waals surface area (Å²) in [6, 6.07) is 0.897. The first kappa shape index (κ1) is 13.7. The zero-order valence-electron chi connectivity index (χ0n) is 11.5. The molecule has 1 saturated heterocycles. The zero-order chi connectivity index (χ0) is 12.1. The molecule has 0 aromatic carbocycles. The van der Waals surface area contributed by atoms with Crippen LogP contribution < -0.4 is 5.32 Å². The van der Waals surface area contributed by atoms with Crippen molar-refractivity contribution in [2.24, 2.45) is 11.8 Å². The molecule has 0 bridgehead atoms. The summed E-state index contributed by atoms with van der Waals surface area (Å²) in [5, 5.41) is 3.64. The van der Waals surface area contributed by atoms with E-state index in [0.29, 0.717) is 0 Å². The van der Waals surface area contributed by atoms with Gasteiger partial charge in [-0.1, -0.05) is 13.8 Å². The standard InChI is InChI=1S/C14H28N2S/c1-12(2)10-15-11-13-4-5-14(13)16-6-3-8-17-9-7-16/h12-15H,3-11H2,1-2H3. The highest BCUT2D eigenvalue weighted by Gasteiger charge is 2.34. The van der Waals surface area contributed by atoms with E-state index < -0.39 is 0 Å². The van der Waals surface area contributed by atoms with E-state index >= 15 is 0 Å². The highest BCUT2D eigenvalue weighted by Crippen LogP contribution is 2.32. The molecule has 2 fully saturated rings. The third-order valence-electron chi connectivity index (χ3n) is 4.06. The fourth-order valence-electron chi connectivity index (χ4n) is 2.92. The summed E-state index contributed by atoms with van der Waals surface area (Å²) in [5.74, 6) is 4.43. The van der Waals surface area contributed by atoms with Crippen molar-refractivity contribution in [2.45, 2.75) is 39.2 Å². The molecule has 1 saturated carbocycles. The van der Waals surface area contributed by atoms with Crippen LogP contribution in [0.3, 0.4) is 0 Å². The summed E-state index contributed by atoms with van der Waals surface area (Å²) in [7, 11) is 0. The minimum absolute atomic E-state index is 0.781. The van der Waals surface area contributed by atoms with Crippen LogP contribution in [-0.2, 0) is 0 Å². The third kappa shape index (κ3) is 4.15. The Labute approximate surface area is 111 Å². The fourth-order valence-corrected chi connectivity index (χ4v) is 3.83. The van der Waals surface area contributed by atoms with Gasteiger partial charge in [0, 0.05) is 18.3 Å². The van der Waals surface area contributed by atoms with E-state index in [9.17, 15) is 0 Å². The molecule has 0 aromatic rings. The predicted octanol–water partition coefficient (Wildman–Crippen LogP) is 2.45. The van der Waals surface area contributed by atoms with Gasteiger partial charge in [-0.15, -0.1) is 0 Å². The summed E-state index contributed by atoms with van der Waals surface area (Å²) >= 11 is 2.14. The quantitative estimate of drug-likeness (QED) is 0.813. The minimum Gasteiger partial charge on any atom is -0.316 e. The van der Waals surface area contributed by atoms with E-state index in [1.807, 2.05) is 0 Å². The zero-order valence-corrected chi connectivity index (χ0v) is 12.3. The molecule has 100 valence electrons. The van der Waals surface area contributed by atoms with Gasteiger partial charge in [-0.2, -0.15) is 11.8 Å². The van der Waals surface area contributed by atoms with Gasteiger partial charge < -0.3 is 5.32 Å². The molecule has 1 aliphatic heterocycles. The molecule has 0 radical (unpaired) electrons. The van der Waals surface area contributed by atoms with Crippen LogP contribution >= 0.6 is 11.8 Å². The summed E-state index contributed by atoms with van der Waals surface area (Å²) in [5.41, 5.74) is 0. The number of rotatable bonds is 5. The Bertz CT molecular complexity index is 212. The Balaban J connectivity index is 1.69. The third-order valence-corrected chi connectivity index (χ3v) is 5.11. The van der Waals surface area contributed by atoms with Crippen molar-refractivity contribution in [1.82, 2.24) is 10.2 Å². The van der Waals surface area contributed by atoms with Crippen LogP contribution in [0, 0.1) is 11.8 Å². The van der Waals surface area contributed by atoms with Gasteiger partial charge in [0.2, 0.25) is 0 Å². The Morgan fingerprint density at radius 3 is 2.82 bits per heavy atom. The van der Waals surface area contributed by atoms with Gasteiger partial charge in [-0.3, -0.25) is 4.90 Å². The van der Waals surface area contributed by atoms with Crippen LogP contribution in [0.2, 0.25) is 0 Å². The smallest absolute Gasteiger partial charge is 0.0136 e. The van der Waals surface area contributed by atoms with Gasteiger partial charge in [0.15, 0.2) is 0 Å². The molecule has 1 aliphatic carbocycles. The first-order valence-corrected chi connectivity index (χ1v) is 8.45. The second-order valence-corrected chi connectivity index (χ2v) is 7.18. The number of hydrogen-bond acceptors (Lipinski definition) is 3. The highest BCUT2D eigenvalue weighted by atomic mass is 32.2. The van der Waals surface area contributed by atoms with Crippen molar-refractivity contribution < 1.29 is 0 Å². The molecular formula is C14H28N2S. The van der Waals surface area contributed by atoms with Crippen LogP contribution in [0.4, 0.5) is 0 Å². The maximum Gasteiger partial charge on any atom is 0.0136 e. The van der Waals surface area contributed by atoms with E-state index in [-0.39, 0.29) is 0 Å². The average molecular weight is 256 g/mol. The molecule has 0 aromatic heterocycles. The second kappa shape index (κ2) is 7.01. The minimum atomic E-state index is 0.781. The van der Waals surface area contributed by atoms with Crippen molar-refractivity contribution in [1.29, 1.82) is 0 Å². The van der Waals surface area contributed by atoms with Crippen LogP contribution in [0.15, 0.2) is 0 Å². The molecular weight excluding hydrogens is 228 g/mol. The van der Waals surface area contributed by atoms with E-state index in [2.05, 4.69) is 35.8 Å². The first-order chi connectivity index (χ1) is 8.27. The van der Waals surface area contributed by atoms with E-state index in [1.165, 1.54) is 56.9 Å². The average Bonchev–Trinajstić information content (AvgIpc) is 2.51. The SMILES string of the molecule is CC(C)CNCC1CCC1N1CCCSCC1. The Morgan fingerprint density at radius 1 is 1.24 bits per heavy atom. The van der Waals surface area contributed by atoms with Crippen molar-refractivity contribution in [3.63, 3.8) is 0 Å². The number of nitrogens with zero attached hydrogens (tertiary/aromatic N) is 1. The number of thioether (sulfide) groups is 1. The summed E-state index contributed by atoms with van der Waals surface area (Å²) in [4.78, 5) is 2.77. The molecule has 17 heavy (non-hydrogen) atoms. The van der Waals surface area contributed by atoms with Gasteiger partial charge in [0.25, 0.3) is 0 Å². The molecule has 1 heterocycles. The van der Waals surface area contributed by atoms with Crippen LogP contribution in [0.5, 0.6) is 0 Å². The Morgan fingerprint density at radius 2 is 2.12 bits per heavy atom. The molecule has 2 atom stereocenters. The molecule has 2 aliphatic rings. The van der Waals surface area contributed by atoms with Crippen molar-refractivity contribution in [3.05, 3.63) is 0 Å². The normalized spacial score (nSPS) is 31.2. The van der Waals surface area contributed by atoms with E-state index in [0.717, 1.165) is 17.9 Å². The summed E-state index contributed by atoms with van der Waals surface area (Å²) in [6.45, 7) is 9.68. The van der Waals surface area contributed by atoms with Gasteiger partial charge in [-0.05, 0) is 56.5 Å². The lowest BCUT2D eigenvalue weighted by atomic mass is 9.78. The monoisotopic (exact) mass is 256 g/mol. The maximum atomic E-state index is 3.64. The van der Waals surface area contributed by atoms with Gasteiger partial charge in [0.05, 0.1) is 0 Å². The molecule has 2 nitrogen and oxygen atoms in total. The lowest BCUT2D eigenvalue weighted by Crippen LogP contribution is -2.51. The lowest BCUT2D eigenvalue weighted by Gasteiger charge is -2.44. The first-order valence-electron chi connectivity index (χ1n) is 7.30. The topological polar surface area (TPSA) is 15.3 Å². The highest BCUT2D eigenvalue weighted by molar-refractivity contribution is 7.99. The summed E-state index contributed by atoms with van der Waals surface area (Å²) in [6.07, 6.45) is 4.28. The maximum absolute atomic E-state index is 3.64. The molecule has 2 unspecified atom stereocenters. The molecule has 0 spiro atoms. The molecule has 3 heteroatoms. The van der Waals surface area contributed by atoms with Crippen molar-refractivity contribution in [2.75, 3.05) is 37.7 Å².